The summed E-state index contributed by atoms with van der Waals surface area (Å²) in [4.78, 5) is 18.1. The topological polar surface area (TPSA) is 51.1 Å². The van der Waals surface area contributed by atoms with Crippen LogP contribution in [0.5, 0.6) is 5.75 Å². The minimum Gasteiger partial charge on any atom is -0.481 e. The summed E-state index contributed by atoms with van der Waals surface area (Å²) in [5.41, 5.74) is -0.901. The van der Waals surface area contributed by atoms with E-state index in [0.29, 0.717) is 26.1 Å². The Hall–Kier alpha value is -2.09. The van der Waals surface area contributed by atoms with Crippen molar-refractivity contribution in [3.63, 3.8) is 0 Å². The van der Waals surface area contributed by atoms with E-state index in [4.69, 9.17) is 9.47 Å². The van der Waals surface area contributed by atoms with Crippen molar-refractivity contribution in [2.24, 2.45) is 10.9 Å². The second kappa shape index (κ2) is 11.0. The van der Waals surface area contributed by atoms with E-state index in [-0.39, 0.29) is 23.1 Å². The molecule has 1 aromatic carbocycles. The van der Waals surface area contributed by atoms with E-state index >= 15 is 0 Å². The maximum Gasteiger partial charge on any atom is 0.417 e. The van der Waals surface area contributed by atoms with Gasteiger partial charge >= 0.3 is 6.18 Å². The van der Waals surface area contributed by atoms with Crippen LogP contribution in [-0.4, -0.2) is 57.0 Å². The first kappa shape index (κ1) is 23.9. The van der Waals surface area contributed by atoms with Crippen molar-refractivity contribution in [2.45, 2.75) is 39.5 Å². The number of carbonyl (C=O) groups excluding carboxylic acids is 1. The highest BCUT2D eigenvalue weighted by Gasteiger charge is 2.34. The fourth-order valence-corrected chi connectivity index (χ4v) is 2.73. The van der Waals surface area contributed by atoms with E-state index in [1.165, 1.54) is 19.2 Å². The number of amides is 1. The smallest absolute Gasteiger partial charge is 0.417 e. The van der Waals surface area contributed by atoms with Gasteiger partial charge in [0, 0.05) is 39.0 Å². The number of hydrogen-bond donors (Lipinski definition) is 0. The van der Waals surface area contributed by atoms with Gasteiger partial charge in [-0.05, 0) is 37.5 Å². The third kappa shape index (κ3) is 7.14. The summed E-state index contributed by atoms with van der Waals surface area (Å²) in [6.45, 7) is 6.91. The number of hydrogen-bond acceptors (Lipinski definition) is 4. The molecule has 0 aromatic heterocycles. The summed E-state index contributed by atoms with van der Waals surface area (Å²) in [7, 11) is 2.95. The van der Waals surface area contributed by atoms with Crippen LogP contribution in [0.3, 0.4) is 0 Å². The molecule has 1 unspecified atom stereocenters. The largest absolute Gasteiger partial charge is 0.481 e. The van der Waals surface area contributed by atoms with Gasteiger partial charge in [0.25, 0.3) is 5.91 Å². The normalized spacial score (nSPS) is 13.2. The first-order chi connectivity index (χ1) is 13.1. The van der Waals surface area contributed by atoms with Gasteiger partial charge in [0.2, 0.25) is 0 Å². The lowest BCUT2D eigenvalue weighted by atomic mass is 10.0. The minimum absolute atomic E-state index is 0.00220. The van der Waals surface area contributed by atoms with Crippen LogP contribution in [0.25, 0.3) is 0 Å². The lowest BCUT2D eigenvalue weighted by Crippen LogP contribution is -2.44. The van der Waals surface area contributed by atoms with Gasteiger partial charge in [-0.3, -0.25) is 9.79 Å². The van der Waals surface area contributed by atoms with E-state index in [9.17, 15) is 18.0 Å². The Morgan fingerprint density at radius 1 is 1.32 bits per heavy atom. The number of halogens is 3. The molecule has 5 nitrogen and oxygen atoms in total. The molecule has 0 aliphatic rings. The number of methoxy groups -OCH3 is 1. The number of ether oxygens (including phenoxy) is 2. The van der Waals surface area contributed by atoms with Crippen LogP contribution in [0.15, 0.2) is 23.2 Å². The van der Waals surface area contributed by atoms with Crippen molar-refractivity contribution in [1.82, 2.24) is 4.90 Å². The minimum atomic E-state index is -4.55. The van der Waals surface area contributed by atoms with Gasteiger partial charge in [-0.2, -0.15) is 13.2 Å². The molecule has 1 rings (SSSR count). The van der Waals surface area contributed by atoms with Crippen LogP contribution in [0.4, 0.5) is 13.2 Å². The van der Waals surface area contributed by atoms with Crippen LogP contribution in [0.2, 0.25) is 0 Å². The number of alkyl halides is 3. The predicted molar refractivity (Wildman–Crippen MR) is 103 cm³/mol. The number of rotatable bonds is 10. The summed E-state index contributed by atoms with van der Waals surface area (Å²) in [6, 6.07) is 3.64. The van der Waals surface area contributed by atoms with Crippen LogP contribution < -0.4 is 4.74 Å². The van der Waals surface area contributed by atoms with Gasteiger partial charge in [0.1, 0.15) is 5.75 Å². The molecule has 0 spiro atoms. The third-order valence-electron chi connectivity index (χ3n) is 4.10. The number of nitrogens with zero attached hydrogens (tertiary/aromatic N) is 2. The van der Waals surface area contributed by atoms with Gasteiger partial charge in [-0.25, -0.2) is 0 Å². The molecule has 0 saturated heterocycles. The Kier molecular flexibility index (Phi) is 9.45. The maximum absolute atomic E-state index is 13.4. The van der Waals surface area contributed by atoms with Gasteiger partial charge in [0.05, 0.1) is 12.2 Å². The third-order valence-corrected chi connectivity index (χ3v) is 4.10. The average Bonchev–Trinajstić information content (AvgIpc) is 2.61. The molecule has 1 atom stereocenters. The van der Waals surface area contributed by atoms with E-state index in [1.54, 1.807) is 12.0 Å². The highest BCUT2D eigenvalue weighted by atomic mass is 19.4. The standard InChI is InChI=1S/C20H29F3N2O3/c1-6-25(9-10-27-5)19(26)18(11-14(2)3)28-16-8-7-15(13-24-4)17(12-16)20(21,22)23/h7-8,12-14,18H,6,9-11H2,1-5H3. The fraction of sp³-hybridized carbons (Fsp3) is 0.600. The second-order valence-electron chi connectivity index (χ2n) is 6.78. The molecule has 1 aromatic rings. The van der Waals surface area contributed by atoms with Crippen molar-refractivity contribution in [3.8, 4) is 5.75 Å². The molecule has 158 valence electrons. The lowest BCUT2D eigenvalue weighted by molar-refractivity contribution is -0.140. The molecule has 0 fully saturated rings. The highest BCUT2D eigenvalue weighted by Crippen LogP contribution is 2.34. The molecular weight excluding hydrogens is 373 g/mol. The molecule has 0 radical (unpaired) electrons. The van der Waals surface area contributed by atoms with Gasteiger partial charge < -0.3 is 14.4 Å². The molecule has 0 N–H and O–H groups in total. The molecule has 0 heterocycles. The molecular formula is C20H29F3N2O3. The Bertz CT molecular complexity index is 661. The van der Waals surface area contributed by atoms with E-state index in [1.807, 2.05) is 20.8 Å². The Morgan fingerprint density at radius 3 is 2.50 bits per heavy atom. The first-order valence-electron chi connectivity index (χ1n) is 9.21. The molecule has 0 aliphatic heterocycles. The Labute approximate surface area is 164 Å². The number of carbonyl (C=O) groups is 1. The zero-order chi connectivity index (χ0) is 21.3. The maximum atomic E-state index is 13.4. The summed E-state index contributed by atoms with van der Waals surface area (Å²) >= 11 is 0. The van der Waals surface area contributed by atoms with Gasteiger partial charge in [-0.1, -0.05) is 13.8 Å². The molecule has 0 saturated carbocycles. The predicted octanol–water partition coefficient (Wildman–Crippen LogP) is 4.04. The number of benzene rings is 1. The zero-order valence-corrected chi connectivity index (χ0v) is 17.0. The highest BCUT2D eigenvalue weighted by molar-refractivity contribution is 5.83. The Balaban J connectivity index is 3.16. The average molecular weight is 402 g/mol. The van der Waals surface area contributed by atoms with Crippen LogP contribution in [0.1, 0.15) is 38.3 Å². The van der Waals surface area contributed by atoms with Crippen molar-refractivity contribution < 1.29 is 27.4 Å². The van der Waals surface area contributed by atoms with E-state index < -0.39 is 17.8 Å². The number of aliphatic imine (C=N–C) groups is 1. The van der Waals surface area contributed by atoms with Crippen molar-refractivity contribution >= 4 is 12.1 Å². The summed E-state index contributed by atoms with van der Waals surface area (Å²) < 4.78 is 50.9. The molecule has 0 bridgehead atoms. The van der Waals surface area contributed by atoms with E-state index in [0.717, 1.165) is 12.3 Å². The molecule has 28 heavy (non-hydrogen) atoms. The van der Waals surface area contributed by atoms with Crippen LogP contribution in [-0.2, 0) is 15.7 Å². The summed E-state index contributed by atoms with van der Waals surface area (Å²) in [5, 5.41) is 0. The lowest BCUT2D eigenvalue weighted by Gasteiger charge is -2.28. The molecule has 1 amide bonds. The van der Waals surface area contributed by atoms with Crippen molar-refractivity contribution in [1.29, 1.82) is 0 Å². The summed E-state index contributed by atoms with van der Waals surface area (Å²) in [5.74, 6) is -0.132. The van der Waals surface area contributed by atoms with Crippen LogP contribution in [0, 0.1) is 5.92 Å². The van der Waals surface area contributed by atoms with Gasteiger partial charge in [0.15, 0.2) is 6.10 Å². The Morgan fingerprint density at radius 2 is 2.00 bits per heavy atom. The molecule has 0 aliphatic carbocycles. The first-order valence-corrected chi connectivity index (χ1v) is 9.21. The van der Waals surface area contributed by atoms with Crippen LogP contribution >= 0.6 is 0 Å². The SMILES string of the molecule is CCN(CCOC)C(=O)C(CC(C)C)Oc1ccc(C=NC)c(C(F)(F)F)c1. The van der Waals surface area contributed by atoms with Crippen molar-refractivity contribution in [2.75, 3.05) is 33.9 Å². The molecule has 8 heteroatoms. The zero-order valence-electron chi connectivity index (χ0n) is 17.0. The number of likely N-dealkylation sites (N-methyl/N-ethyl adjacent to an activating group) is 1. The second-order valence-corrected chi connectivity index (χ2v) is 6.78. The summed E-state index contributed by atoms with van der Waals surface area (Å²) in [6.07, 6.45) is -3.89. The van der Waals surface area contributed by atoms with Gasteiger partial charge in [-0.15, -0.1) is 0 Å². The quantitative estimate of drug-likeness (QED) is 0.555. The van der Waals surface area contributed by atoms with E-state index in [2.05, 4.69) is 4.99 Å². The van der Waals surface area contributed by atoms with Crippen molar-refractivity contribution in [3.05, 3.63) is 29.3 Å². The fourth-order valence-electron chi connectivity index (χ4n) is 2.73. The monoisotopic (exact) mass is 402 g/mol.